The molecule has 2 atom stereocenters. The van der Waals surface area contributed by atoms with Crippen LogP contribution in [-0.2, 0) is 0 Å². The van der Waals surface area contributed by atoms with Crippen molar-refractivity contribution < 1.29 is 5.11 Å². The van der Waals surface area contributed by atoms with E-state index in [2.05, 4.69) is 16.8 Å². The molecule has 1 aliphatic rings. The van der Waals surface area contributed by atoms with Gasteiger partial charge in [0, 0.05) is 12.6 Å². The van der Waals surface area contributed by atoms with Crippen LogP contribution in [-0.4, -0.2) is 22.7 Å². The second kappa shape index (κ2) is 5.36. The monoisotopic (exact) mass is 254 g/mol. The Morgan fingerprint density at radius 3 is 2.82 bits per heavy atom. The highest BCUT2D eigenvalue weighted by Gasteiger charge is 2.22. The van der Waals surface area contributed by atoms with Crippen molar-refractivity contribution in [1.29, 1.82) is 0 Å². The highest BCUT2D eigenvalue weighted by Crippen LogP contribution is 2.33. The third kappa shape index (κ3) is 2.80. The predicted octanol–water partition coefficient (Wildman–Crippen LogP) is 3.27. The van der Waals surface area contributed by atoms with Crippen LogP contribution in [0.15, 0.2) is 0 Å². The molecule has 3 nitrogen and oxygen atoms in total. The van der Waals surface area contributed by atoms with Crippen molar-refractivity contribution in [3.05, 3.63) is 10.6 Å². The van der Waals surface area contributed by atoms with E-state index in [-0.39, 0.29) is 0 Å². The second-order valence-electron chi connectivity index (χ2n) is 5.01. The number of aliphatic hydroxyl groups is 1. The van der Waals surface area contributed by atoms with Crippen LogP contribution in [0.3, 0.4) is 0 Å². The van der Waals surface area contributed by atoms with E-state index in [0.29, 0.717) is 6.04 Å². The number of nitrogens with zero attached hydrogens (tertiary/aromatic N) is 2. The number of anilines is 1. The number of thiazole rings is 1. The Hall–Kier alpha value is -0.610. The van der Waals surface area contributed by atoms with Crippen LogP contribution in [0.2, 0.25) is 0 Å². The van der Waals surface area contributed by atoms with E-state index in [0.717, 1.165) is 22.2 Å². The van der Waals surface area contributed by atoms with Gasteiger partial charge in [-0.1, -0.05) is 24.2 Å². The average Bonchev–Trinajstić information content (AvgIpc) is 2.51. The zero-order valence-corrected chi connectivity index (χ0v) is 11.8. The summed E-state index contributed by atoms with van der Waals surface area (Å²) < 4.78 is 0. The van der Waals surface area contributed by atoms with E-state index in [9.17, 15) is 5.11 Å². The van der Waals surface area contributed by atoms with E-state index in [1.807, 2.05) is 13.8 Å². The highest BCUT2D eigenvalue weighted by molar-refractivity contribution is 7.15. The van der Waals surface area contributed by atoms with Gasteiger partial charge in [0.05, 0.1) is 16.7 Å². The summed E-state index contributed by atoms with van der Waals surface area (Å²) in [4.78, 5) is 8.06. The van der Waals surface area contributed by atoms with E-state index in [4.69, 9.17) is 0 Å². The summed E-state index contributed by atoms with van der Waals surface area (Å²) in [5, 5.41) is 10.8. The number of aromatic nitrogens is 1. The summed E-state index contributed by atoms with van der Waals surface area (Å²) in [6.07, 6.45) is 4.76. The largest absolute Gasteiger partial charge is 0.388 e. The predicted molar refractivity (Wildman–Crippen MR) is 72.8 cm³/mol. The van der Waals surface area contributed by atoms with Gasteiger partial charge in [0.2, 0.25) is 0 Å². The molecule has 0 aromatic carbocycles. The number of aliphatic hydroxyl groups excluding tert-OH is 1. The molecule has 2 unspecified atom stereocenters. The van der Waals surface area contributed by atoms with Crippen LogP contribution in [0.4, 0.5) is 5.13 Å². The first kappa shape index (κ1) is 12.8. The van der Waals surface area contributed by atoms with Crippen molar-refractivity contribution in [3.8, 4) is 0 Å². The number of rotatable bonds is 2. The normalized spacial score (nSPS) is 23.5. The maximum absolute atomic E-state index is 9.69. The lowest BCUT2D eigenvalue weighted by molar-refractivity contribution is 0.202. The fraction of sp³-hybridized carbons (Fsp3) is 0.769. The summed E-state index contributed by atoms with van der Waals surface area (Å²) in [6, 6.07) is 0.574. The molecule has 2 rings (SSSR count). The minimum Gasteiger partial charge on any atom is -0.388 e. The zero-order chi connectivity index (χ0) is 12.4. The van der Waals surface area contributed by atoms with Crippen LogP contribution in [0.25, 0.3) is 0 Å². The van der Waals surface area contributed by atoms with Gasteiger partial charge in [-0.05, 0) is 33.6 Å². The second-order valence-corrected chi connectivity index (χ2v) is 6.02. The molecule has 4 heteroatoms. The highest BCUT2D eigenvalue weighted by atomic mass is 32.1. The molecule has 1 fully saturated rings. The van der Waals surface area contributed by atoms with Crippen molar-refractivity contribution in [2.24, 2.45) is 0 Å². The van der Waals surface area contributed by atoms with E-state index >= 15 is 0 Å². The topological polar surface area (TPSA) is 36.4 Å². The van der Waals surface area contributed by atoms with Gasteiger partial charge in [0.15, 0.2) is 5.13 Å². The van der Waals surface area contributed by atoms with E-state index in [1.54, 1.807) is 11.3 Å². The number of aryl methyl sites for hydroxylation is 1. The lowest BCUT2D eigenvalue weighted by Gasteiger charge is -2.26. The van der Waals surface area contributed by atoms with Crippen molar-refractivity contribution >= 4 is 16.5 Å². The fourth-order valence-corrected chi connectivity index (χ4v) is 3.59. The minimum absolute atomic E-state index is 0.400. The van der Waals surface area contributed by atoms with Gasteiger partial charge in [0.1, 0.15) is 0 Å². The molecule has 1 N–H and O–H groups in total. The van der Waals surface area contributed by atoms with Gasteiger partial charge < -0.3 is 10.0 Å². The molecule has 17 heavy (non-hydrogen) atoms. The quantitative estimate of drug-likeness (QED) is 0.880. The summed E-state index contributed by atoms with van der Waals surface area (Å²) in [6.45, 7) is 7.19. The van der Waals surface area contributed by atoms with Gasteiger partial charge in [-0.25, -0.2) is 4.98 Å². The molecule has 1 aromatic heterocycles. The molecule has 2 heterocycles. The smallest absolute Gasteiger partial charge is 0.186 e. The third-order valence-electron chi connectivity index (χ3n) is 3.50. The lowest BCUT2D eigenvalue weighted by atomic mass is 10.1. The summed E-state index contributed by atoms with van der Waals surface area (Å²) in [5.41, 5.74) is 0.983. The Kier molecular flexibility index (Phi) is 4.05. The Morgan fingerprint density at radius 2 is 2.18 bits per heavy atom. The van der Waals surface area contributed by atoms with Crippen LogP contribution in [0, 0.1) is 6.92 Å². The molecular formula is C13H22N2OS. The molecule has 0 bridgehead atoms. The molecule has 1 aliphatic heterocycles. The Morgan fingerprint density at radius 1 is 1.41 bits per heavy atom. The Bertz CT molecular complexity index is 375. The number of hydrogen-bond donors (Lipinski definition) is 1. The Balaban J connectivity index is 2.23. The van der Waals surface area contributed by atoms with Gasteiger partial charge in [0.25, 0.3) is 0 Å². The lowest BCUT2D eigenvalue weighted by Crippen LogP contribution is -2.32. The summed E-state index contributed by atoms with van der Waals surface area (Å²) >= 11 is 1.65. The summed E-state index contributed by atoms with van der Waals surface area (Å²) in [7, 11) is 0. The van der Waals surface area contributed by atoms with E-state index in [1.165, 1.54) is 25.7 Å². The van der Waals surface area contributed by atoms with Crippen molar-refractivity contribution in [3.63, 3.8) is 0 Å². The molecule has 1 aromatic rings. The first-order valence-corrected chi connectivity index (χ1v) is 7.33. The Labute approximate surface area is 107 Å². The summed E-state index contributed by atoms with van der Waals surface area (Å²) in [5.74, 6) is 0. The standard InChI is InChI=1S/C13H22N2OS/c1-9-7-5-4-6-8-15(9)13-14-10(2)12(17-13)11(3)16/h9,11,16H,4-8H2,1-3H3. The van der Waals surface area contributed by atoms with Crippen molar-refractivity contribution in [1.82, 2.24) is 4.98 Å². The van der Waals surface area contributed by atoms with Gasteiger partial charge in [-0.15, -0.1) is 0 Å². The van der Waals surface area contributed by atoms with Crippen LogP contribution in [0.1, 0.15) is 56.2 Å². The first-order chi connectivity index (χ1) is 8.09. The molecule has 96 valence electrons. The SMILES string of the molecule is Cc1nc(N2CCCCCC2C)sc1C(C)O. The molecule has 0 radical (unpaired) electrons. The molecular weight excluding hydrogens is 232 g/mol. The van der Waals surface area contributed by atoms with Crippen LogP contribution >= 0.6 is 11.3 Å². The maximum Gasteiger partial charge on any atom is 0.186 e. The molecule has 0 saturated carbocycles. The maximum atomic E-state index is 9.69. The van der Waals surface area contributed by atoms with Gasteiger partial charge in [-0.2, -0.15) is 0 Å². The molecule has 0 amide bonds. The number of hydrogen-bond acceptors (Lipinski definition) is 4. The van der Waals surface area contributed by atoms with Crippen LogP contribution < -0.4 is 4.90 Å². The third-order valence-corrected chi connectivity index (χ3v) is 4.86. The van der Waals surface area contributed by atoms with Gasteiger partial charge in [-0.3, -0.25) is 0 Å². The van der Waals surface area contributed by atoms with Crippen molar-refractivity contribution in [2.75, 3.05) is 11.4 Å². The average molecular weight is 254 g/mol. The minimum atomic E-state index is -0.400. The first-order valence-electron chi connectivity index (χ1n) is 6.51. The fourth-order valence-electron chi connectivity index (χ4n) is 2.46. The zero-order valence-electron chi connectivity index (χ0n) is 10.9. The van der Waals surface area contributed by atoms with E-state index < -0.39 is 6.10 Å². The van der Waals surface area contributed by atoms with Gasteiger partial charge >= 0.3 is 0 Å². The molecule has 0 spiro atoms. The van der Waals surface area contributed by atoms with Crippen molar-refractivity contribution in [2.45, 2.75) is 58.6 Å². The van der Waals surface area contributed by atoms with Crippen LogP contribution in [0.5, 0.6) is 0 Å². The molecule has 0 aliphatic carbocycles. The molecule has 1 saturated heterocycles.